The number of hydrogen-bond donors (Lipinski definition) is 0. The van der Waals surface area contributed by atoms with Crippen molar-refractivity contribution in [3.8, 4) is 0 Å². The third kappa shape index (κ3) is 31.2. The average molecular weight is 679 g/mol. The number of carbonyl (C=O) groups excluding carboxylic acids is 3. The fourth-order valence-electron chi connectivity index (χ4n) is 3.43. The molecule has 0 aromatic heterocycles. The Morgan fingerprint density at radius 3 is 1.16 bits per heavy atom. The minimum Gasteiger partial charge on any atom is -0.465 e. The Labute approximate surface area is 254 Å². The molecule has 0 N–H and O–H groups in total. The molecule has 0 aliphatic heterocycles. The molecule has 0 rings (SSSR count). The van der Waals surface area contributed by atoms with Gasteiger partial charge < -0.3 is 14.2 Å². The van der Waals surface area contributed by atoms with Crippen molar-refractivity contribution in [3.63, 3.8) is 0 Å². The zero-order valence-electron chi connectivity index (χ0n) is 24.6. The number of esters is 3. The summed E-state index contributed by atoms with van der Waals surface area (Å²) in [7, 11) is 0. The van der Waals surface area contributed by atoms with Gasteiger partial charge in [0.2, 0.25) is 0 Å². The summed E-state index contributed by atoms with van der Waals surface area (Å²) in [5, 5.41) is 0. The van der Waals surface area contributed by atoms with Crippen LogP contribution in [-0.4, -0.2) is 76.6 Å². The summed E-state index contributed by atoms with van der Waals surface area (Å²) in [6.07, 6.45) is -10.4. The average Bonchev–Trinajstić information content (AvgIpc) is 2.90. The van der Waals surface area contributed by atoms with Crippen LogP contribution in [0.25, 0.3) is 0 Å². The van der Waals surface area contributed by atoms with Gasteiger partial charge in [0, 0.05) is 6.08 Å². The fourth-order valence-corrected chi connectivity index (χ4v) is 3.43. The lowest BCUT2D eigenvalue weighted by molar-refractivity contribution is -0.325. The first-order valence-corrected chi connectivity index (χ1v) is 14.3. The van der Waals surface area contributed by atoms with E-state index in [2.05, 4.69) is 14.2 Å². The Hall–Kier alpha value is -2.60. The molecule has 0 aliphatic carbocycles. The van der Waals surface area contributed by atoms with Crippen molar-refractivity contribution >= 4 is 17.9 Å². The number of unbranched alkanes of at least 4 members (excludes halogenated alkanes) is 9. The monoisotopic (exact) mass is 678 g/mol. The lowest BCUT2D eigenvalue weighted by Gasteiger charge is -2.10. The van der Waals surface area contributed by atoms with Crippen LogP contribution in [0.15, 0.2) is 11.6 Å². The maximum atomic E-state index is 12.5. The Balaban J connectivity index is 4.63. The van der Waals surface area contributed by atoms with Gasteiger partial charge in [-0.3, -0.25) is 19.0 Å². The highest BCUT2D eigenvalue weighted by Crippen LogP contribution is 2.19. The molecule has 0 bridgehead atoms. The minimum atomic E-state index is -4.72. The number of ether oxygens (including phenoxy) is 6. The van der Waals surface area contributed by atoms with Gasteiger partial charge in [0.15, 0.2) is 0 Å². The molecule has 0 aromatic carbocycles. The molecule has 0 heterocycles. The van der Waals surface area contributed by atoms with E-state index in [0.29, 0.717) is 51.4 Å². The molecule has 0 atom stereocenters. The molecule has 0 fully saturated rings. The first-order valence-electron chi connectivity index (χ1n) is 14.3. The number of hydrogen-bond acceptors (Lipinski definition) is 9. The summed E-state index contributed by atoms with van der Waals surface area (Å²) in [6.45, 7) is -1.89. The summed E-state index contributed by atoms with van der Waals surface area (Å²) in [5.74, 6) is -2.91. The van der Waals surface area contributed by atoms with Gasteiger partial charge in [0.1, 0.15) is 0 Å². The van der Waals surface area contributed by atoms with Crippen molar-refractivity contribution in [2.75, 3.05) is 39.6 Å². The molecular formula is C27H39F9O9. The third-order valence-electron chi connectivity index (χ3n) is 5.54. The van der Waals surface area contributed by atoms with Crippen LogP contribution in [0.4, 0.5) is 39.5 Å². The molecule has 0 unspecified atom stereocenters. The van der Waals surface area contributed by atoms with E-state index >= 15 is 0 Å². The van der Waals surface area contributed by atoms with Gasteiger partial charge in [-0.25, -0.2) is 9.59 Å². The van der Waals surface area contributed by atoms with E-state index < -0.39 is 68.8 Å². The van der Waals surface area contributed by atoms with E-state index in [0.717, 1.165) is 6.08 Å². The Kier molecular flexibility index (Phi) is 22.3. The topological polar surface area (TPSA) is 107 Å². The summed E-state index contributed by atoms with van der Waals surface area (Å²) >= 11 is 0. The van der Waals surface area contributed by atoms with Crippen LogP contribution in [0, 0.1) is 0 Å². The van der Waals surface area contributed by atoms with Crippen molar-refractivity contribution < 1.29 is 82.3 Å². The predicted octanol–water partition coefficient (Wildman–Crippen LogP) is 7.22. The van der Waals surface area contributed by atoms with Gasteiger partial charge in [0.25, 0.3) is 0 Å². The highest BCUT2D eigenvalue weighted by Gasteiger charge is 2.29. The molecule has 0 aromatic rings. The van der Waals surface area contributed by atoms with Crippen LogP contribution < -0.4 is 0 Å². The standard InChI is InChI=1S/C27H39F9O9/c28-25(29,30)43-16-10-4-1-7-13-40-22(37)19-21(24(39)42-15-9-3-6-12-18-45-27(34,35)36)20-23(38)41-14-8-2-5-11-17-44-26(31,32)33/h19H,1-18,20H2/b21-19-. The molecule has 0 saturated heterocycles. The maximum Gasteiger partial charge on any atom is 0.522 e. The zero-order chi connectivity index (χ0) is 34.2. The van der Waals surface area contributed by atoms with Crippen LogP contribution >= 0.6 is 0 Å². The molecule has 9 nitrogen and oxygen atoms in total. The van der Waals surface area contributed by atoms with Gasteiger partial charge in [0.05, 0.1) is 51.6 Å². The largest absolute Gasteiger partial charge is 0.522 e. The van der Waals surface area contributed by atoms with E-state index in [-0.39, 0.29) is 45.5 Å². The minimum absolute atomic E-state index is 0.0994. The van der Waals surface area contributed by atoms with Crippen molar-refractivity contribution in [2.45, 2.75) is 103 Å². The first-order chi connectivity index (χ1) is 21.0. The zero-order valence-corrected chi connectivity index (χ0v) is 24.6. The normalized spacial score (nSPS) is 12.7. The number of rotatable bonds is 25. The van der Waals surface area contributed by atoms with Crippen LogP contribution in [0.3, 0.4) is 0 Å². The quantitative estimate of drug-likeness (QED) is 0.0325. The predicted molar refractivity (Wildman–Crippen MR) is 137 cm³/mol. The van der Waals surface area contributed by atoms with Crippen molar-refractivity contribution in [3.05, 3.63) is 11.6 Å². The van der Waals surface area contributed by atoms with E-state index in [4.69, 9.17) is 14.2 Å². The van der Waals surface area contributed by atoms with Crippen LogP contribution in [0.2, 0.25) is 0 Å². The molecule has 45 heavy (non-hydrogen) atoms. The van der Waals surface area contributed by atoms with Gasteiger partial charge in [-0.1, -0.05) is 19.3 Å². The van der Waals surface area contributed by atoms with Gasteiger partial charge >= 0.3 is 37.0 Å². The van der Waals surface area contributed by atoms with Crippen LogP contribution in [-0.2, 0) is 42.8 Å². The lowest BCUT2D eigenvalue weighted by Crippen LogP contribution is -2.17. The number of halogens is 9. The number of alkyl halides is 9. The fraction of sp³-hybridized carbons (Fsp3) is 0.815. The highest BCUT2D eigenvalue weighted by molar-refractivity contribution is 5.99. The highest BCUT2D eigenvalue weighted by atomic mass is 19.4. The SMILES string of the molecule is O=C(/C=C(/CC(=O)OCCCCCCOC(F)(F)F)C(=O)OCCCCCCOC(F)(F)F)OCCCCCCOC(F)(F)F. The second-order valence-corrected chi connectivity index (χ2v) is 9.50. The molecular weight excluding hydrogens is 639 g/mol. The van der Waals surface area contributed by atoms with Crippen molar-refractivity contribution in [1.82, 2.24) is 0 Å². The van der Waals surface area contributed by atoms with Crippen LogP contribution in [0.1, 0.15) is 83.5 Å². The van der Waals surface area contributed by atoms with Crippen LogP contribution in [0.5, 0.6) is 0 Å². The molecule has 264 valence electrons. The second kappa shape index (κ2) is 23.7. The Morgan fingerprint density at radius 2 is 0.778 bits per heavy atom. The smallest absolute Gasteiger partial charge is 0.465 e. The Bertz CT molecular complexity index is 858. The Morgan fingerprint density at radius 1 is 0.444 bits per heavy atom. The van der Waals surface area contributed by atoms with Crippen molar-refractivity contribution in [2.24, 2.45) is 0 Å². The number of carbonyl (C=O) groups is 3. The summed E-state index contributed by atoms with van der Waals surface area (Å²) < 4.78 is 133. The molecule has 0 saturated carbocycles. The van der Waals surface area contributed by atoms with E-state index in [1.807, 2.05) is 0 Å². The van der Waals surface area contributed by atoms with Gasteiger partial charge in [-0.15, -0.1) is 39.5 Å². The van der Waals surface area contributed by atoms with E-state index in [1.54, 1.807) is 0 Å². The molecule has 0 amide bonds. The molecule has 0 radical (unpaired) electrons. The second-order valence-electron chi connectivity index (χ2n) is 9.50. The molecule has 0 spiro atoms. The lowest BCUT2D eigenvalue weighted by atomic mass is 10.1. The maximum absolute atomic E-state index is 12.5. The summed E-state index contributed by atoms with van der Waals surface area (Å²) in [5.41, 5.74) is -0.392. The first kappa shape index (κ1) is 42.4. The van der Waals surface area contributed by atoms with Gasteiger partial charge in [-0.05, 0) is 57.8 Å². The van der Waals surface area contributed by atoms with Crippen molar-refractivity contribution in [1.29, 1.82) is 0 Å². The molecule has 0 aliphatic rings. The van der Waals surface area contributed by atoms with E-state index in [9.17, 15) is 53.9 Å². The van der Waals surface area contributed by atoms with Gasteiger partial charge in [-0.2, -0.15) is 0 Å². The summed E-state index contributed by atoms with van der Waals surface area (Å²) in [4.78, 5) is 37.0. The summed E-state index contributed by atoms with van der Waals surface area (Å²) in [6, 6.07) is 0. The van der Waals surface area contributed by atoms with E-state index in [1.165, 1.54) is 0 Å². The molecule has 18 heteroatoms. The third-order valence-corrected chi connectivity index (χ3v) is 5.54.